The molecule has 0 radical (unpaired) electrons. The Labute approximate surface area is 203 Å². The summed E-state index contributed by atoms with van der Waals surface area (Å²) >= 11 is 0. The van der Waals surface area contributed by atoms with Crippen molar-refractivity contribution in [2.45, 2.75) is 33.2 Å². The number of Topliss-reactive ketones (excluding diaryl/α,β-unsaturated/α-hetero) is 1. The predicted octanol–water partition coefficient (Wildman–Crippen LogP) is 2.45. The number of esters is 1. The van der Waals surface area contributed by atoms with E-state index in [1.807, 2.05) is 0 Å². The number of amides is 2. The summed E-state index contributed by atoms with van der Waals surface area (Å²) in [7, 11) is -3.40. The van der Waals surface area contributed by atoms with E-state index in [2.05, 4.69) is 0 Å². The molecule has 0 saturated carbocycles. The van der Waals surface area contributed by atoms with Crippen LogP contribution in [0.25, 0.3) is 0 Å². The fraction of sp³-hybridized carbons (Fsp3) is 0.360. The standard InChI is InChI=1S/C25H26N2O7S/c1-4-35(32,33)26-12-11-16-13-17(9-10-20(16)26)21(28)14-34-25(31)22(15(2)3)27-23(29)18-7-5-6-8-19(18)24(27)30/h5-10,13,15,22H,4,11-12,14H2,1-3H3/t22-/m0/s1. The van der Waals surface area contributed by atoms with Gasteiger partial charge in [0.05, 0.1) is 22.6 Å². The predicted molar refractivity (Wildman–Crippen MR) is 128 cm³/mol. The minimum absolute atomic E-state index is 0.0206. The van der Waals surface area contributed by atoms with Crippen LogP contribution < -0.4 is 4.31 Å². The van der Waals surface area contributed by atoms with E-state index in [1.54, 1.807) is 45.0 Å². The molecule has 0 spiro atoms. The molecule has 2 aromatic rings. The number of imide groups is 1. The van der Waals surface area contributed by atoms with Crippen LogP contribution in [0.2, 0.25) is 0 Å². The number of rotatable bonds is 8. The first-order chi connectivity index (χ1) is 16.6. The van der Waals surface area contributed by atoms with Gasteiger partial charge in [-0.2, -0.15) is 0 Å². The number of benzene rings is 2. The van der Waals surface area contributed by atoms with Crippen molar-refractivity contribution in [3.8, 4) is 0 Å². The van der Waals surface area contributed by atoms with Gasteiger partial charge in [-0.1, -0.05) is 26.0 Å². The van der Waals surface area contributed by atoms with Gasteiger partial charge >= 0.3 is 5.97 Å². The number of ketones is 1. The summed E-state index contributed by atoms with van der Waals surface area (Å²) in [5.74, 6) is -2.92. The van der Waals surface area contributed by atoms with Crippen LogP contribution in [0.15, 0.2) is 42.5 Å². The lowest BCUT2D eigenvalue weighted by Gasteiger charge is -2.27. The molecule has 35 heavy (non-hydrogen) atoms. The average molecular weight is 499 g/mol. The molecule has 0 bridgehead atoms. The summed E-state index contributed by atoms with van der Waals surface area (Å²) in [6.07, 6.45) is 0.477. The van der Waals surface area contributed by atoms with Gasteiger partial charge in [-0.25, -0.2) is 13.2 Å². The molecule has 10 heteroatoms. The molecular weight excluding hydrogens is 472 g/mol. The minimum atomic E-state index is -3.40. The van der Waals surface area contributed by atoms with Gasteiger partial charge in [-0.15, -0.1) is 0 Å². The van der Waals surface area contributed by atoms with E-state index in [0.717, 1.165) is 10.5 Å². The molecule has 2 aliphatic rings. The van der Waals surface area contributed by atoms with Crippen LogP contribution in [0.1, 0.15) is 57.4 Å². The number of anilines is 1. The van der Waals surface area contributed by atoms with Crippen molar-refractivity contribution in [3.05, 3.63) is 64.7 Å². The first-order valence-electron chi connectivity index (χ1n) is 11.4. The Morgan fingerprint density at radius 3 is 2.23 bits per heavy atom. The monoisotopic (exact) mass is 498 g/mol. The highest BCUT2D eigenvalue weighted by molar-refractivity contribution is 7.92. The summed E-state index contributed by atoms with van der Waals surface area (Å²) in [4.78, 5) is 52.2. The van der Waals surface area contributed by atoms with E-state index in [-0.39, 0.29) is 22.4 Å². The molecule has 0 saturated heterocycles. The molecule has 0 fully saturated rings. The van der Waals surface area contributed by atoms with Crippen LogP contribution in [0, 0.1) is 5.92 Å². The third kappa shape index (κ3) is 4.34. The molecule has 4 rings (SSSR count). The topological polar surface area (TPSA) is 118 Å². The number of carbonyl (C=O) groups excluding carboxylic acids is 4. The van der Waals surface area contributed by atoms with Gasteiger partial charge in [-0.3, -0.25) is 23.6 Å². The second kappa shape index (κ2) is 9.26. The normalized spacial score (nSPS) is 15.9. The van der Waals surface area contributed by atoms with Gasteiger partial charge in [0.15, 0.2) is 12.4 Å². The number of ether oxygens (including phenoxy) is 1. The Morgan fingerprint density at radius 2 is 1.66 bits per heavy atom. The van der Waals surface area contributed by atoms with Crippen molar-refractivity contribution in [2.24, 2.45) is 5.92 Å². The van der Waals surface area contributed by atoms with Crippen LogP contribution in [0.3, 0.4) is 0 Å². The Morgan fingerprint density at radius 1 is 1.03 bits per heavy atom. The lowest BCUT2D eigenvalue weighted by atomic mass is 10.0. The fourth-order valence-corrected chi connectivity index (χ4v) is 5.59. The zero-order chi connectivity index (χ0) is 25.5. The third-order valence-corrected chi connectivity index (χ3v) is 8.06. The first-order valence-corrected chi connectivity index (χ1v) is 13.0. The van der Waals surface area contributed by atoms with Crippen LogP contribution in [-0.2, 0) is 26.0 Å². The maximum absolute atomic E-state index is 12.9. The lowest BCUT2D eigenvalue weighted by molar-refractivity contribution is -0.148. The quantitative estimate of drug-likeness (QED) is 0.312. The molecule has 0 N–H and O–H groups in total. The highest BCUT2D eigenvalue weighted by Gasteiger charge is 2.44. The molecule has 2 heterocycles. The Balaban J connectivity index is 1.47. The van der Waals surface area contributed by atoms with Gasteiger partial charge < -0.3 is 4.74 Å². The number of sulfonamides is 1. The summed E-state index contributed by atoms with van der Waals surface area (Å²) in [5, 5.41) is 0. The number of hydrogen-bond donors (Lipinski definition) is 0. The smallest absolute Gasteiger partial charge is 0.330 e. The van der Waals surface area contributed by atoms with E-state index in [0.29, 0.717) is 18.7 Å². The summed E-state index contributed by atoms with van der Waals surface area (Å²) < 4.78 is 31.1. The van der Waals surface area contributed by atoms with E-state index >= 15 is 0 Å². The van der Waals surface area contributed by atoms with Crippen LogP contribution in [-0.4, -0.2) is 61.8 Å². The largest absolute Gasteiger partial charge is 0.456 e. The van der Waals surface area contributed by atoms with Gasteiger partial charge in [0.2, 0.25) is 10.0 Å². The van der Waals surface area contributed by atoms with E-state index < -0.39 is 52.2 Å². The molecular formula is C25H26N2O7S. The number of hydrogen-bond acceptors (Lipinski definition) is 7. The van der Waals surface area contributed by atoms with Crippen LogP contribution >= 0.6 is 0 Å². The molecule has 2 aromatic carbocycles. The van der Waals surface area contributed by atoms with Gasteiger partial charge in [0.25, 0.3) is 11.8 Å². The minimum Gasteiger partial charge on any atom is -0.456 e. The zero-order valence-electron chi connectivity index (χ0n) is 19.7. The second-order valence-electron chi connectivity index (χ2n) is 8.81. The molecule has 2 aliphatic heterocycles. The van der Waals surface area contributed by atoms with Gasteiger partial charge in [0, 0.05) is 12.1 Å². The molecule has 0 aliphatic carbocycles. The van der Waals surface area contributed by atoms with Gasteiger partial charge in [-0.05, 0) is 55.2 Å². The van der Waals surface area contributed by atoms with Crippen molar-refractivity contribution in [3.63, 3.8) is 0 Å². The Bertz CT molecular complexity index is 1300. The highest BCUT2D eigenvalue weighted by Crippen LogP contribution is 2.32. The Kier molecular flexibility index (Phi) is 6.50. The average Bonchev–Trinajstić information content (AvgIpc) is 3.38. The number of fused-ring (bicyclic) bond motifs is 2. The van der Waals surface area contributed by atoms with Crippen LogP contribution in [0.5, 0.6) is 0 Å². The number of nitrogens with zero attached hydrogens (tertiary/aromatic N) is 2. The van der Waals surface area contributed by atoms with E-state index in [4.69, 9.17) is 4.74 Å². The SMILES string of the molecule is CCS(=O)(=O)N1CCc2cc(C(=O)COC(=O)[C@H](C(C)C)N3C(=O)c4ccccc4C3=O)ccc21. The zero-order valence-corrected chi connectivity index (χ0v) is 20.5. The summed E-state index contributed by atoms with van der Waals surface area (Å²) in [6.45, 7) is 4.70. The van der Waals surface area contributed by atoms with Crippen molar-refractivity contribution >= 4 is 39.3 Å². The molecule has 0 aromatic heterocycles. The molecule has 1 atom stereocenters. The van der Waals surface area contributed by atoms with Crippen LogP contribution in [0.4, 0.5) is 5.69 Å². The van der Waals surface area contributed by atoms with Crippen molar-refractivity contribution < 1.29 is 32.3 Å². The fourth-order valence-electron chi connectivity index (χ4n) is 4.43. The number of carbonyl (C=O) groups is 4. The summed E-state index contributed by atoms with van der Waals surface area (Å²) in [6, 6.07) is 9.86. The Hall–Kier alpha value is -3.53. The first kappa shape index (κ1) is 24.6. The third-order valence-electron chi connectivity index (χ3n) is 6.28. The molecule has 2 amide bonds. The molecule has 184 valence electrons. The van der Waals surface area contributed by atoms with E-state index in [1.165, 1.54) is 22.5 Å². The molecule has 9 nitrogen and oxygen atoms in total. The lowest BCUT2D eigenvalue weighted by Crippen LogP contribution is -2.49. The van der Waals surface area contributed by atoms with Gasteiger partial charge in [0.1, 0.15) is 6.04 Å². The maximum atomic E-state index is 12.9. The second-order valence-corrected chi connectivity index (χ2v) is 11.0. The van der Waals surface area contributed by atoms with Crippen molar-refractivity contribution in [1.82, 2.24) is 4.90 Å². The summed E-state index contributed by atoms with van der Waals surface area (Å²) in [5.41, 5.74) is 2.01. The van der Waals surface area contributed by atoms with E-state index in [9.17, 15) is 27.6 Å². The maximum Gasteiger partial charge on any atom is 0.330 e. The highest BCUT2D eigenvalue weighted by atomic mass is 32.2. The molecule has 0 unspecified atom stereocenters. The van der Waals surface area contributed by atoms with Crippen molar-refractivity contribution in [2.75, 3.05) is 23.2 Å². The van der Waals surface area contributed by atoms with Crippen molar-refractivity contribution in [1.29, 1.82) is 0 Å².